The number of carbonyl (C=O) groups is 1. The largest absolute Gasteiger partial charge is 0.462 e. The lowest BCUT2D eigenvalue weighted by atomic mass is 10.3. The van der Waals surface area contributed by atoms with E-state index in [0.29, 0.717) is 22.3 Å². The van der Waals surface area contributed by atoms with Gasteiger partial charge < -0.3 is 4.74 Å². The molecule has 0 amide bonds. The Morgan fingerprint density at radius 1 is 1.60 bits per heavy atom. The van der Waals surface area contributed by atoms with Gasteiger partial charge in [0, 0.05) is 18.0 Å². The van der Waals surface area contributed by atoms with Gasteiger partial charge in [0.1, 0.15) is 4.88 Å². The first kappa shape index (κ1) is 14.1. The molecule has 0 aromatic carbocycles. The molecule has 2 heterocycles. The molecule has 0 aliphatic heterocycles. The molecule has 0 saturated carbocycles. The lowest BCUT2D eigenvalue weighted by molar-refractivity contribution is 0.0531. The second-order valence-electron chi connectivity index (χ2n) is 3.81. The highest BCUT2D eigenvalue weighted by Gasteiger charge is 2.15. The van der Waals surface area contributed by atoms with Crippen LogP contribution in [0, 0.1) is 6.92 Å². The highest BCUT2D eigenvalue weighted by molar-refractivity contribution is 7.17. The number of esters is 1. The summed E-state index contributed by atoms with van der Waals surface area (Å²) in [6.07, 6.45) is 5.02. The maximum Gasteiger partial charge on any atom is 0.350 e. The molecule has 0 aliphatic carbocycles. The minimum Gasteiger partial charge on any atom is -0.462 e. The molecule has 6 nitrogen and oxygen atoms in total. The zero-order chi connectivity index (χ0) is 14.4. The van der Waals surface area contributed by atoms with E-state index in [4.69, 9.17) is 4.74 Å². The number of nitrogens with one attached hydrogen (secondary N) is 1. The first-order valence-corrected chi connectivity index (χ1v) is 6.86. The number of hydrazone groups is 1. The third-order valence-electron chi connectivity index (χ3n) is 2.32. The van der Waals surface area contributed by atoms with Crippen LogP contribution in [-0.2, 0) is 4.74 Å². The van der Waals surface area contributed by atoms with E-state index in [9.17, 15) is 4.79 Å². The van der Waals surface area contributed by atoms with Gasteiger partial charge in [-0.1, -0.05) is 17.4 Å². The van der Waals surface area contributed by atoms with Crippen LogP contribution < -0.4 is 5.43 Å². The van der Waals surface area contributed by atoms with Gasteiger partial charge in [-0.25, -0.2) is 9.78 Å². The van der Waals surface area contributed by atoms with E-state index >= 15 is 0 Å². The van der Waals surface area contributed by atoms with Gasteiger partial charge in [-0.05, 0) is 19.9 Å². The molecule has 0 bridgehead atoms. The number of aromatic nitrogens is 2. The fraction of sp³-hybridized carbons (Fsp3) is 0.231. The lowest BCUT2D eigenvalue weighted by Gasteiger charge is -1.97. The van der Waals surface area contributed by atoms with Crippen molar-refractivity contribution in [3.63, 3.8) is 0 Å². The summed E-state index contributed by atoms with van der Waals surface area (Å²) >= 11 is 1.22. The molecule has 0 fully saturated rings. The van der Waals surface area contributed by atoms with Crippen LogP contribution in [0.5, 0.6) is 0 Å². The van der Waals surface area contributed by atoms with Crippen LogP contribution in [0.15, 0.2) is 29.6 Å². The Bertz CT molecular complexity index is 610. The number of hydrogen-bond donors (Lipinski definition) is 1. The quantitative estimate of drug-likeness (QED) is 0.520. The van der Waals surface area contributed by atoms with Crippen molar-refractivity contribution in [1.82, 2.24) is 9.97 Å². The molecule has 0 aliphatic rings. The SMILES string of the molecule is CCOC(=O)c1sc(N/N=C/c2cccnc2)nc1C. The second-order valence-corrected chi connectivity index (χ2v) is 4.81. The maximum atomic E-state index is 11.6. The third-order valence-corrected chi connectivity index (χ3v) is 3.36. The maximum absolute atomic E-state index is 11.6. The third kappa shape index (κ3) is 3.61. The average Bonchev–Trinajstić information content (AvgIpc) is 2.81. The number of thiazole rings is 1. The molecule has 104 valence electrons. The van der Waals surface area contributed by atoms with E-state index in [1.807, 2.05) is 12.1 Å². The molecular formula is C13H14N4O2S. The van der Waals surface area contributed by atoms with Gasteiger partial charge >= 0.3 is 5.97 Å². The number of pyridine rings is 1. The number of anilines is 1. The highest BCUT2D eigenvalue weighted by Crippen LogP contribution is 2.23. The number of rotatable bonds is 5. The molecule has 7 heteroatoms. The molecule has 0 atom stereocenters. The summed E-state index contributed by atoms with van der Waals surface area (Å²) in [4.78, 5) is 20.3. The molecule has 0 radical (unpaired) electrons. The molecule has 2 rings (SSSR count). The Morgan fingerprint density at radius 3 is 3.15 bits per heavy atom. The van der Waals surface area contributed by atoms with Crippen LogP contribution in [0.4, 0.5) is 5.13 Å². The van der Waals surface area contributed by atoms with E-state index < -0.39 is 0 Å². The normalized spacial score (nSPS) is 10.7. The molecular weight excluding hydrogens is 276 g/mol. The summed E-state index contributed by atoms with van der Waals surface area (Å²) in [5.74, 6) is -0.355. The van der Waals surface area contributed by atoms with E-state index in [1.54, 1.807) is 32.5 Å². The van der Waals surface area contributed by atoms with Crippen molar-refractivity contribution >= 4 is 28.7 Å². The number of carbonyl (C=O) groups excluding carboxylic acids is 1. The van der Waals surface area contributed by atoms with Gasteiger partial charge in [-0.3, -0.25) is 10.4 Å². The zero-order valence-electron chi connectivity index (χ0n) is 11.2. The molecule has 1 N–H and O–H groups in total. The molecule has 20 heavy (non-hydrogen) atoms. The summed E-state index contributed by atoms with van der Waals surface area (Å²) in [5, 5.41) is 4.60. The van der Waals surface area contributed by atoms with Gasteiger partial charge in [0.05, 0.1) is 18.5 Å². The van der Waals surface area contributed by atoms with Crippen molar-refractivity contribution in [2.45, 2.75) is 13.8 Å². The predicted octanol–water partition coefficient (Wildman–Crippen LogP) is 2.47. The average molecular weight is 290 g/mol. The van der Waals surface area contributed by atoms with E-state index in [-0.39, 0.29) is 5.97 Å². The van der Waals surface area contributed by atoms with Crippen molar-refractivity contribution in [1.29, 1.82) is 0 Å². The van der Waals surface area contributed by atoms with Crippen LogP contribution in [0.25, 0.3) is 0 Å². The topological polar surface area (TPSA) is 76.5 Å². The minimum atomic E-state index is -0.355. The van der Waals surface area contributed by atoms with Gasteiger partial charge in [0.15, 0.2) is 0 Å². The molecule has 0 unspecified atom stereocenters. The Kier molecular flexibility index (Phi) is 4.78. The van der Waals surface area contributed by atoms with Crippen LogP contribution in [-0.4, -0.2) is 28.8 Å². The molecule has 0 spiro atoms. The summed E-state index contributed by atoms with van der Waals surface area (Å²) < 4.78 is 4.95. The Hall–Kier alpha value is -2.28. The van der Waals surface area contributed by atoms with Gasteiger partial charge in [0.25, 0.3) is 0 Å². The second kappa shape index (κ2) is 6.76. The minimum absolute atomic E-state index is 0.345. The Balaban J connectivity index is 2.02. The number of nitrogens with zero attached hydrogens (tertiary/aromatic N) is 3. The van der Waals surface area contributed by atoms with Crippen molar-refractivity contribution in [2.24, 2.45) is 5.10 Å². The van der Waals surface area contributed by atoms with E-state index in [0.717, 1.165) is 5.56 Å². The number of aryl methyl sites for hydroxylation is 1. The summed E-state index contributed by atoms with van der Waals surface area (Å²) in [7, 11) is 0. The van der Waals surface area contributed by atoms with Crippen LogP contribution in [0.3, 0.4) is 0 Å². The summed E-state index contributed by atoms with van der Waals surface area (Å²) in [6.45, 7) is 3.88. The molecule has 0 saturated heterocycles. The fourth-order valence-electron chi connectivity index (χ4n) is 1.44. The van der Waals surface area contributed by atoms with E-state index in [1.165, 1.54) is 11.3 Å². The molecule has 2 aromatic rings. The van der Waals surface area contributed by atoms with Crippen LogP contribution in [0.1, 0.15) is 27.9 Å². The first-order chi connectivity index (χ1) is 9.70. The van der Waals surface area contributed by atoms with Crippen LogP contribution >= 0.6 is 11.3 Å². The summed E-state index contributed by atoms with van der Waals surface area (Å²) in [5.41, 5.74) is 4.30. The van der Waals surface area contributed by atoms with Crippen LogP contribution in [0.2, 0.25) is 0 Å². The van der Waals surface area contributed by atoms with Gasteiger partial charge in [-0.2, -0.15) is 5.10 Å². The zero-order valence-corrected chi connectivity index (χ0v) is 12.0. The van der Waals surface area contributed by atoms with E-state index in [2.05, 4.69) is 20.5 Å². The van der Waals surface area contributed by atoms with Gasteiger partial charge in [0.2, 0.25) is 5.13 Å². The number of hydrogen-bond acceptors (Lipinski definition) is 7. The number of ether oxygens (including phenoxy) is 1. The monoisotopic (exact) mass is 290 g/mol. The molecule has 2 aromatic heterocycles. The summed E-state index contributed by atoms with van der Waals surface area (Å²) in [6, 6.07) is 3.71. The van der Waals surface area contributed by atoms with Crippen molar-refractivity contribution < 1.29 is 9.53 Å². The predicted molar refractivity (Wildman–Crippen MR) is 78.3 cm³/mol. The smallest absolute Gasteiger partial charge is 0.350 e. The first-order valence-electron chi connectivity index (χ1n) is 6.04. The fourth-order valence-corrected chi connectivity index (χ4v) is 2.25. The Labute approximate surface area is 120 Å². The Morgan fingerprint density at radius 2 is 2.45 bits per heavy atom. The van der Waals surface area contributed by atoms with Crippen molar-refractivity contribution in [3.05, 3.63) is 40.7 Å². The highest BCUT2D eigenvalue weighted by atomic mass is 32.1. The van der Waals surface area contributed by atoms with Crippen molar-refractivity contribution in [2.75, 3.05) is 12.0 Å². The lowest BCUT2D eigenvalue weighted by Crippen LogP contribution is -2.03. The standard InChI is InChI=1S/C13H14N4O2S/c1-3-19-12(18)11-9(2)16-13(20-11)17-15-8-10-5-4-6-14-7-10/h4-8H,3H2,1-2H3,(H,16,17)/b15-8+. The van der Waals surface area contributed by atoms with Crippen molar-refractivity contribution in [3.8, 4) is 0 Å². The van der Waals surface area contributed by atoms with Gasteiger partial charge in [-0.15, -0.1) is 0 Å².